The van der Waals surface area contributed by atoms with E-state index in [2.05, 4.69) is 29.6 Å². The monoisotopic (exact) mass is 544 g/mol. The molecule has 4 atom stereocenters. The number of nitrogens with zero attached hydrogens (tertiary/aromatic N) is 4. The minimum atomic E-state index is -5.09. The van der Waals surface area contributed by atoms with Crippen molar-refractivity contribution in [2.24, 2.45) is 0 Å². The third-order valence-electron chi connectivity index (χ3n) is 4.73. The van der Waals surface area contributed by atoms with E-state index in [-0.39, 0.29) is 19.6 Å². The van der Waals surface area contributed by atoms with E-state index < -0.39 is 45.4 Å². The van der Waals surface area contributed by atoms with E-state index >= 15 is 0 Å². The second-order valence-electron chi connectivity index (χ2n) is 7.59. The predicted molar refractivity (Wildman–Crippen MR) is 114 cm³/mol. The van der Waals surface area contributed by atoms with Gasteiger partial charge in [0.1, 0.15) is 6.10 Å². The minimum Gasteiger partial charge on any atom is -0.380 e. The zero-order valence-electron chi connectivity index (χ0n) is 18.9. The maximum atomic E-state index is 11.4. The third kappa shape index (κ3) is 9.22. The first-order valence-corrected chi connectivity index (χ1v) is 13.2. The quantitative estimate of drug-likeness (QED) is 0.161. The summed E-state index contributed by atoms with van der Waals surface area (Å²) < 4.78 is 91.5. The van der Waals surface area contributed by atoms with Crippen LogP contribution in [0.25, 0.3) is 0 Å². The van der Waals surface area contributed by atoms with Gasteiger partial charge >= 0.3 is 20.8 Å². The van der Waals surface area contributed by atoms with Gasteiger partial charge in [0, 0.05) is 25.4 Å². The summed E-state index contributed by atoms with van der Waals surface area (Å²) >= 11 is 0. The highest BCUT2D eigenvalue weighted by Gasteiger charge is 2.46. The van der Waals surface area contributed by atoms with Gasteiger partial charge in [0.2, 0.25) is 0 Å². The molecule has 4 N–H and O–H groups in total. The van der Waals surface area contributed by atoms with Gasteiger partial charge < -0.3 is 19.6 Å². The van der Waals surface area contributed by atoms with E-state index in [1.807, 2.05) is 6.92 Å². The highest BCUT2D eigenvalue weighted by molar-refractivity contribution is 7.81. The van der Waals surface area contributed by atoms with Crippen molar-refractivity contribution in [3.05, 3.63) is 23.8 Å². The van der Waals surface area contributed by atoms with Crippen molar-refractivity contribution in [2.75, 3.05) is 26.4 Å². The van der Waals surface area contributed by atoms with Crippen LogP contribution in [-0.4, -0.2) is 96.9 Å². The van der Waals surface area contributed by atoms with Crippen LogP contribution in [0.4, 0.5) is 0 Å². The molecule has 200 valence electrons. The van der Waals surface area contributed by atoms with E-state index in [4.69, 9.17) is 14.2 Å². The minimum absolute atomic E-state index is 0.0678. The molecule has 17 nitrogen and oxygen atoms in total. The molecule has 0 aliphatic carbocycles. The lowest BCUT2D eigenvalue weighted by molar-refractivity contribution is -0.256. The molecule has 0 spiro atoms. The van der Waals surface area contributed by atoms with Crippen molar-refractivity contribution >= 4 is 20.8 Å². The average Bonchev–Trinajstić information content (AvgIpc) is 3.35. The Morgan fingerprint density at radius 2 is 1.97 bits per heavy atom. The largest absolute Gasteiger partial charge is 0.397 e. The number of hydrazine groups is 2. The van der Waals surface area contributed by atoms with Gasteiger partial charge in [-0.05, 0) is 13.8 Å². The maximum absolute atomic E-state index is 11.4. The van der Waals surface area contributed by atoms with E-state index in [0.29, 0.717) is 31.1 Å². The molecule has 35 heavy (non-hydrogen) atoms. The van der Waals surface area contributed by atoms with Crippen molar-refractivity contribution in [2.45, 2.75) is 51.4 Å². The topological polar surface area (TPSA) is 213 Å². The number of rotatable bonds is 13. The Bertz CT molecular complexity index is 1080. The second kappa shape index (κ2) is 11.9. The maximum Gasteiger partial charge on any atom is 0.397 e. The van der Waals surface area contributed by atoms with Gasteiger partial charge in [-0.1, -0.05) is 5.21 Å². The molecule has 0 unspecified atom stereocenters. The van der Waals surface area contributed by atoms with Gasteiger partial charge in [0.15, 0.2) is 12.4 Å². The van der Waals surface area contributed by atoms with Crippen LogP contribution >= 0.6 is 0 Å². The van der Waals surface area contributed by atoms with E-state index in [9.17, 15) is 25.9 Å². The summed E-state index contributed by atoms with van der Waals surface area (Å²) in [5.41, 5.74) is 6.83. The molecular formula is C16H28N6O11S2. The fraction of sp³-hybridized carbons (Fsp3) is 0.750. The van der Waals surface area contributed by atoms with Gasteiger partial charge in [0.05, 0.1) is 43.8 Å². The molecule has 0 amide bonds. The molecule has 1 fully saturated rings. The standard InChI is InChI=1S/C16H28N6O11S2/c1-3-29-5-4-21-8-12(18-20-21)10-30-16-15(33-35(26,27)28)14(32-34(23,24)25)6-13(31-16)9-22-7-11(2)17-19-22/h7-8,13-16,18,20H,3-6,9-10H2,1-2H3,(H,23,24,25)(H,26,27,28)/t13-,14-,15-,16-/m0/s1. The molecule has 19 heteroatoms. The summed E-state index contributed by atoms with van der Waals surface area (Å²) in [7, 11) is -10.1. The molecule has 0 bridgehead atoms. The van der Waals surface area contributed by atoms with E-state index in [1.54, 1.807) is 24.3 Å². The summed E-state index contributed by atoms with van der Waals surface area (Å²) in [5, 5.41) is 9.42. The fourth-order valence-electron chi connectivity index (χ4n) is 3.40. The van der Waals surface area contributed by atoms with E-state index in [0.717, 1.165) is 0 Å². The zero-order valence-corrected chi connectivity index (χ0v) is 20.5. The van der Waals surface area contributed by atoms with Gasteiger partial charge in [-0.3, -0.25) is 14.1 Å². The van der Waals surface area contributed by atoms with Crippen LogP contribution in [0.3, 0.4) is 0 Å². The molecular weight excluding hydrogens is 516 g/mol. The number of nitrogens with one attached hydrogen (secondary N) is 2. The van der Waals surface area contributed by atoms with Gasteiger partial charge in [-0.25, -0.2) is 13.0 Å². The van der Waals surface area contributed by atoms with Gasteiger partial charge in [-0.2, -0.15) is 16.8 Å². The molecule has 0 aromatic carbocycles. The van der Waals surface area contributed by atoms with Crippen LogP contribution in [0, 0.1) is 6.92 Å². The van der Waals surface area contributed by atoms with Crippen LogP contribution in [0.5, 0.6) is 0 Å². The smallest absolute Gasteiger partial charge is 0.380 e. The summed E-state index contributed by atoms with van der Waals surface area (Å²) in [5.74, 6) is 0. The lowest BCUT2D eigenvalue weighted by Gasteiger charge is -2.39. The molecule has 0 saturated carbocycles. The molecule has 1 saturated heterocycles. The Morgan fingerprint density at radius 1 is 1.23 bits per heavy atom. The first-order valence-electron chi connectivity index (χ1n) is 10.4. The van der Waals surface area contributed by atoms with Crippen molar-refractivity contribution in [1.82, 2.24) is 31.0 Å². The van der Waals surface area contributed by atoms with Crippen LogP contribution < -0.4 is 11.0 Å². The number of aromatic nitrogens is 3. The third-order valence-corrected chi connectivity index (χ3v) is 5.69. The van der Waals surface area contributed by atoms with Gasteiger partial charge in [-0.15, -0.1) is 10.6 Å². The van der Waals surface area contributed by atoms with Gasteiger partial charge in [0.25, 0.3) is 0 Å². The second-order valence-corrected chi connectivity index (χ2v) is 9.68. The Labute approximate surface area is 202 Å². The zero-order chi connectivity index (χ0) is 25.6. The summed E-state index contributed by atoms with van der Waals surface area (Å²) in [6.45, 7) is 5.03. The predicted octanol–water partition coefficient (Wildman–Crippen LogP) is -1.70. The van der Waals surface area contributed by atoms with Crippen molar-refractivity contribution in [3.63, 3.8) is 0 Å². The molecule has 2 aliphatic heterocycles. The molecule has 3 heterocycles. The van der Waals surface area contributed by atoms with Crippen molar-refractivity contribution in [1.29, 1.82) is 0 Å². The highest BCUT2D eigenvalue weighted by atomic mass is 32.3. The number of ether oxygens (including phenoxy) is 3. The lowest BCUT2D eigenvalue weighted by atomic mass is 10.0. The van der Waals surface area contributed by atoms with E-state index in [1.165, 1.54) is 4.68 Å². The number of hydrogen-bond acceptors (Lipinski definition) is 14. The van der Waals surface area contributed by atoms with Crippen molar-refractivity contribution in [3.8, 4) is 0 Å². The number of hydrogen-bond donors (Lipinski definition) is 4. The highest BCUT2D eigenvalue weighted by Crippen LogP contribution is 2.29. The lowest BCUT2D eigenvalue weighted by Crippen LogP contribution is -2.54. The Kier molecular flexibility index (Phi) is 9.37. The Hall–Kier alpha value is -1.94. The molecule has 2 aliphatic rings. The molecule has 1 aromatic rings. The number of aryl methyl sites for hydroxylation is 1. The Balaban J connectivity index is 1.75. The first-order chi connectivity index (χ1) is 16.4. The summed E-state index contributed by atoms with van der Waals surface area (Å²) in [6, 6.07) is 0. The Morgan fingerprint density at radius 3 is 2.60 bits per heavy atom. The summed E-state index contributed by atoms with van der Waals surface area (Å²) in [6.07, 6.45) is -2.70. The van der Waals surface area contributed by atoms with Crippen LogP contribution in [-0.2, 0) is 49.9 Å². The summed E-state index contributed by atoms with van der Waals surface area (Å²) in [4.78, 5) is 0. The van der Waals surface area contributed by atoms with Crippen LogP contribution in [0.1, 0.15) is 19.0 Å². The fourth-order valence-corrected chi connectivity index (χ4v) is 4.40. The molecule has 1 aromatic heterocycles. The van der Waals surface area contributed by atoms with Crippen molar-refractivity contribution < 1.29 is 48.5 Å². The first kappa shape index (κ1) is 27.6. The van der Waals surface area contributed by atoms with Crippen LogP contribution in [0.15, 0.2) is 18.1 Å². The molecule has 3 rings (SSSR count). The molecule has 0 radical (unpaired) electrons. The normalized spacial score (nSPS) is 25.5. The SMILES string of the molecule is CCOCCN1C=C(CO[C@H]2O[C@H](Cn3cc(C)nn3)C[C@H](OS(=O)(=O)O)[C@@H]2OS(=O)(=O)O)NN1. The average molecular weight is 545 g/mol. The van der Waals surface area contributed by atoms with Crippen LogP contribution in [0.2, 0.25) is 0 Å².